The number of hydrogen-bond donors (Lipinski definition) is 1. The predicted octanol–water partition coefficient (Wildman–Crippen LogP) is 5.28. The van der Waals surface area contributed by atoms with Gasteiger partial charge in [0.2, 0.25) is 0 Å². The maximum Gasteiger partial charge on any atom is 0.257 e. The Labute approximate surface area is 215 Å². The van der Waals surface area contributed by atoms with Gasteiger partial charge in [0.25, 0.3) is 5.56 Å². The van der Waals surface area contributed by atoms with Gasteiger partial charge in [-0.3, -0.25) is 9.36 Å². The second kappa shape index (κ2) is 10.9. The van der Waals surface area contributed by atoms with Crippen LogP contribution in [0, 0.1) is 6.92 Å². The molecule has 2 atom stereocenters. The van der Waals surface area contributed by atoms with E-state index in [1.54, 1.807) is 15.9 Å². The molecule has 1 N–H and O–H groups in total. The average Bonchev–Trinajstić information content (AvgIpc) is 3.42. The van der Waals surface area contributed by atoms with Crippen molar-refractivity contribution in [2.24, 2.45) is 0 Å². The van der Waals surface area contributed by atoms with E-state index in [4.69, 9.17) is 4.74 Å². The van der Waals surface area contributed by atoms with Gasteiger partial charge in [-0.1, -0.05) is 42.5 Å². The molecule has 5 rings (SSSR count). The van der Waals surface area contributed by atoms with E-state index >= 15 is 0 Å². The highest BCUT2D eigenvalue weighted by molar-refractivity contribution is 7.10. The van der Waals surface area contributed by atoms with Crippen molar-refractivity contribution < 1.29 is 9.84 Å². The Kier molecular flexibility index (Phi) is 7.51. The van der Waals surface area contributed by atoms with E-state index < -0.39 is 6.10 Å². The molecule has 2 aromatic heterocycles. The van der Waals surface area contributed by atoms with Gasteiger partial charge in [-0.25, -0.2) is 4.98 Å². The van der Waals surface area contributed by atoms with E-state index in [0.717, 1.165) is 48.3 Å². The van der Waals surface area contributed by atoms with Crippen LogP contribution in [0.25, 0.3) is 10.8 Å². The monoisotopic (exact) mass is 503 g/mol. The van der Waals surface area contributed by atoms with Crippen molar-refractivity contribution in [1.82, 2.24) is 14.5 Å². The number of likely N-dealkylation sites (N-methyl/N-ethyl adjacent to an activating group) is 1. The third-order valence-electron chi connectivity index (χ3n) is 7.05. The number of aryl methyl sites for hydroxylation is 1. The van der Waals surface area contributed by atoms with Gasteiger partial charge in [0.05, 0.1) is 0 Å². The maximum absolute atomic E-state index is 13.1. The third kappa shape index (κ3) is 5.24. The van der Waals surface area contributed by atoms with Crippen molar-refractivity contribution >= 4 is 22.1 Å². The Hall–Kier alpha value is -3.00. The largest absolute Gasteiger partial charge is 0.484 e. The van der Waals surface area contributed by atoms with Crippen LogP contribution in [0.2, 0.25) is 0 Å². The van der Waals surface area contributed by atoms with Crippen LogP contribution < -0.4 is 10.3 Å². The SMILES string of the molecule is Cc1nc2n(c(=O)c1CCN(C)CC[C@H](Oc1cccc3ccccc13)c1cccs1)CCCC2O. The van der Waals surface area contributed by atoms with Crippen molar-refractivity contribution in [3.8, 4) is 5.75 Å². The predicted molar refractivity (Wildman–Crippen MR) is 145 cm³/mol. The molecule has 0 fully saturated rings. The summed E-state index contributed by atoms with van der Waals surface area (Å²) in [6.45, 7) is 4.11. The van der Waals surface area contributed by atoms with E-state index in [0.29, 0.717) is 25.2 Å². The molecule has 0 amide bonds. The summed E-state index contributed by atoms with van der Waals surface area (Å²) >= 11 is 1.72. The molecule has 0 aliphatic carbocycles. The van der Waals surface area contributed by atoms with Crippen molar-refractivity contribution in [3.05, 3.63) is 92.3 Å². The fourth-order valence-electron chi connectivity index (χ4n) is 4.99. The second-order valence-corrected chi connectivity index (χ2v) is 10.6. The molecule has 0 saturated heterocycles. The van der Waals surface area contributed by atoms with Gasteiger partial charge >= 0.3 is 0 Å². The number of thiophene rings is 1. The number of ether oxygens (including phenoxy) is 1. The fraction of sp³-hybridized carbons (Fsp3) is 0.379. The Morgan fingerprint density at radius 3 is 2.83 bits per heavy atom. The van der Waals surface area contributed by atoms with E-state index in [-0.39, 0.29) is 11.7 Å². The highest BCUT2D eigenvalue weighted by Crippen LogP contribution is 2.33. The highest BCUT2D eigenvalue weighted by atomic mass is 32.1. The van der Waals surface area contributed by atoms with Gasteiger partial charge in [-0.05, 0) is 56.1 Å². The van der Waals surface area contributed by atoms with Gasteiger partial charge in [0, 0.05) is 47.6 Å². The Morgan fingerprint density at radius 2 is 2.00 bits per heavy atom. The zero-order chi connectivity index (χ0) is 25.1. The fourth-order valence-corrected chi connectivity index (χ4v) is 5.78. The number of nitrogens with zero attached hydrogens (tertiary/aromatic N) is 3. The van der Waals surface area contributed by atoms with Gasteiger partial charge in [-0.15, -0.1) is 11.3 Å². The van der Waals surface area contributed by atoms with Crippen LogP contribution in [0.1, 0.15) is 53.4 Å². The van der Waals surface area contributed by atoms with Gasteiger partial charge in [0.1, 0.15) is 23.8 Å². The van der Waals surface area contributed by atoms with E-state index in [1.165, 1.54) is 10.3 Å². The lowest BCUT2D eigenvalue weighted by atomic mass is 10.1. The molecule has 1 aliphatic rings. The van der Waals surface area contributed by atoms with E-state index in [1.807, 2.05) is 31.2 Å². The lowest BCUT2D eigenvalue weighted by molar-refractivity contribution is 0.129. The Bertz CT molecular complexity index is 1380. The first-order chi connectivity index (χ1) is 17.5. The number of rotatable bonds is 9. The molecule has 4 aromatic rings. The van der Waals surface area contributed by atoms with Crippen molar-refractivity contribution in [1.29, 1.82) is 0 Å². The standard InChI is InChI=1S/C29H33N3O3S/c1-20-22(29(34)32-16-6-11-24(33)28(32)30-20)14-17-31(2)18-15-26(27-13-7-19-36-27)35-25-12-5-9-21-8-3-4-10-23(21)25/h3-5,7-10,12-13,19,24,26,33H,6,11,14-18H2,1-2H3/t24?,26-/m0/s1. The summed E-state index contributed by atoms with van der Waals surface area (Å²) in [5.41, 5.74) is 1.48. The normalized spacial score (nSPS) is 16.3. The molecule has 6 nitrogen and oxygen atoms in total. The molecule has 0 radical (unpaired) electrons. The molecule has 0 bridgehead atoms. The zero-order valence-electron chi connectivity index (χ0n) is 20.9. The summed E-state index contributed by atoms with van der Waals surface area (Å²) in [6.07, 6.45) is 2.26. The molecule has 188 valence electrons. The quantitative estimate of drug-likeness (QED) is 0.337. The van der Waals surface area contributed by atoms with Crippen LogP contribution in [-0.2, 0) is 13.0 Å². The van der Waals surface area contributed by atoms with E-state index in [9.17, 15) is 9.90 Å². The molecule has 36 heavy (non-hydrogen) atoms. The first-order valence-electron chi connectivity index (χ1n) is 12.7. The smallest absolute Gasteiger partial charge is 0.257 e. The molecule has 2 aromatic carbocycles. The highest BCUT2D eigenvalue weighted by Gasteiger charge is 2.23. The minimum atomic E-state index is -0.641. The Balaban J connectivity index is 1.26. The first-order valence-corrected chi connectivity index (χ1v) is 13.5. The molecule has 1 unspecified atom stereocenters. The molecule has 0 saturated carbocycles. The van der Waals surface area contributed by atoms with Crippen LogP contribution in [0.3, 0.4) is 0 Å². The number of aromatic nitrogens is 2. The number of benzene rings is 2. The number of aliphatic hydroxyl groups is 1. The van der Waals surface area contributed by atoms with Crippen molar-refractivity contribution in [2.45, 2.75) is 51.4 Å². The van der Waals surface area contributed by atoms with Crippen LogP contribution in [0.4, 0.5) is 0 Å². The lowest BCUT2D eigenvalue weighted by Gasteiger charge is -2.25. The van der Waals surface area contributed by atoms with Crippen LogP contribution in [0.5, 0.6) is 5.75 Å². The summed E-state index contributed by atoms with van der Waals surface area (Å²) in [6, 6.07) is 18.7. The van der Waals surface area contributed by atoms with Gasteiger partial charge in [-0.2, -0.15) is 0 Å². The number of fused-ring (bicyclic) bond motifs is 2. The second-order valence-electron chi connectivity index (χ2n) is 9.59. The molecule has 3 heterocycles. The topological polar surface area (TPSA) is 67.6 Å². The summed E-state index contributed by atoms with van der Waals surface area (Å²) in [7, 11) is 2.09. The summed E-state index contributed by atoms with van der Waals surface area (Å²) in [5, 5.41) is 14.6. The van der Waals surface area contributed by atoms with E-state index in [2.05, 4.69) is 52.6 Å². The van der Waals surface area contributed by atoms with Crippen LogP contribution in [0.15, 0.2) is 64.8 Å². The van der Waals surface area contributed by atoms with Crippen molar-refractivity contribution in [2.75, 3.05) is 20.1 Å². The van der Waals surface area contributed by atoms with Crippen LogP contribution >= 0.6 is 11.3 Å². The average molecular weight is 504 g/mol. The summed E-state index contributed by atoms with van der Waals surface area (Å²) in [5.74, 6) is 1.42. The number of aliphatic hydroxyl groups excluding tert-OH is 1. The molecule has 0 spiro atoms. The molecular formula is C29H33N3O3S. The molecule has 1 aliphatic heterocycles. The first kappa shape index (κ1) is 24.7. The lowest BCUT2D eigenvalue weighted by Crippen LogP contribution is -2.35. The number of hydrogen-bond acceptors (Lipinski definition) is 6. The molecule has 7 heteroatoms. The van der Waals surface area contributed by atoms with Crippen molar-refractivity contribution in [3.63, 3.8) is 0 Å². The van der Waals surface area contributed by atoms with Crippen LogP contribution in [-0.4, -0.2) is 39.7 Å². The third-order valence-corrected chi connectivity index (χ3v) is 8.02. The Morgan fingerprint density at radius 1 is 1.17 bits per heavy atom. The maximum atomic E-state index is 13.1. The molecular weight excluding hydrogens is 470 g/mol. The summed E-state index contributed by atoms with van der Waals surface area (Å²) < 4.78 is 8.26. The minimum Gasteiger partial charge on any atom is -0.484 e. The van der Waals surface area contributed by atoms with Gasteiger partial charge in [0.15, 0.2) is 0 Å². The van der Waals surface area contributed by atoms with Gasteiger partial charge < -0.3 is 14.7 Å². The minimum absolute atomic E-state index is 0.000371. The summed E-state index contributed by atoms with van der Waals surface area (Å²) in [4.78, 5) is 21.2. The zero-order valence-corrected chi connectivity index (χ0v) is 21.7.